The van der Waals surface area contributed by atoms with Crippen molar-refractivity contribution >= 4 is 18.3 Å². The summed E-state index contributed by atoms with van der Waals surface area (Å²) in [5.41, 5.74) is 1.86. The van der Waals surface area contributed by atoms with Gasteiger partial charge in [-0.1, -0.05) is 78.9 Å². The monoisotopic (exact) mass is 549 g/mol. The standard InChI is InChI=1S/C30H31NO9/c1-36-30-25(28(34)31(20-32)39-18-22-13-7-3-8-14-22)27(37-17-21-11-5-2-6-12-21)26(33)24(40-30)19-38-29(35)23-15-9-4-10-16-23/h2-16,20,24-27,30,33H,17-19H2,1H3/t24-,25+,26-,27-,30+/m1/s1. The van der Waals surface area contributed by atoms with Crippen molar-refractivity contribution in [2.75, 3.05) is 13.7 Å². The SMILES string of the molecule is CO[C@H]1O[C@H](COC(=O)c2ccccc2)[C@@H](O)[C@H](OCc2ccccc2)[C@H]1C(=O)N(C=O)OCc1ccccc1. The Kier molecular flexibility index (Phi) is 10.5. The van der Waals surface area contributed by atoms with E-state index in [0.29, 0.717) is 10.6 Å². The molecule has 1 N–H and O–H groups in total. The van der Waals surface area contributed by atoms with E-state index in [9.17, 15) is 19.5 Å². The Morgan fingerprint density at radius 2 is 1.48 bits per heavy atom. The van der Waals surface area contributed by atoms with Gasteiger partial charge in [0.25, 0.3) is 5.91 Å². The van der Waals surface area contributed by atoms with E-state index >= 15 is 0 Å². The lowest BCUT2D eigenvalue weighted by Gasteiger charge is -2.43. The molecule has 40 heavy (non-hydrogen) atoms. The Hall–Kier alpha value is -3.93. The molecule has 3 aromatic carbocycles. The minimum atomic E-state index is -1.42. The number of hydroxylamine groups is 2. The Labute approximate surface area is 231 Å². The first-order valence-corrected chi connectivity index (χ1v) is 12.7. The van der Waals surface area contributed by atoms with E-state index in [2.05, 4.69) is 0 Å². The van der Waals surface area contributed by atoms with E-state index in [0.717, 1.165) is 11.1 Å². The maximum Gasteiger partial charge on any atom is 0.338 e. The summed E-state index contributed by atoms with van der Waals surface area (Å²) in [5, 5.41) is 11.8. The predicted octanol–water partition coefficient (Wildman–Crippen LogP) is 2.89. The summed E-state index contributed by atoms with van der Waals surface area (Å²) >= 11 is 0. The van der Waals surface area contributed by atoms with Gasteiger partial charge >= 0.3 is 5.97 Å². The average Bonchev–Trinajstić information content (AvgIpc) is 3.01. The fourth-order valence-electron chi connectivity index (χ4n) is 4.31. The van der Waals surface area contributed by atoms with Crippen molar-refractivity contribution < 1.29 is 43.3 Å². The van der Waals surface area contributed by atoms with E-state index in [1.807, 2.05) is 36.4 Å². The molecule has 1 fully saturated rings. The van der Waals surface area contributed by atoms with Crippen LogP contribution < -0.4 is 0 Å². The molecule has 0 aromatic heterocycles. The molecule has 3 aromatic rings. The third kappa shape index (κ3) is 7.38. The van der Waals surface area contributed by atoms with Gasteiger partial charge in [0.05, 0.1) is 12.2 Å². The fourth-order valence-corrected chi connectivity index (χ4v) is 4.31. The number of carbonyl (C=O) groups excluding carboxylic acids is 3. The van der Waals surface area contributed by atoms with Gasteiger partial charge in [0, 0.05) is 7.11 Å². The van der Waals surface area contributed by atoms with Gasteiger partial charge in [-0.25, -0.2) is 4.79 Å². The van der Waals surface area contributed by atoms with Crippen molar-refractivity contribution in [3.8, 4) is 0 Å². The highest BCUT2D eigenvalue weighted by molar-refractivity contribution is 5.89. The van der Waals surface area contributed by atoms with Crippen LogP contribution in [0.15, 0.2) is 91.0 Å². The number of hydrogen-bond acceptors (Lipinski definition) is 9. The topological polar surface area (TPSA) is 121 Å². The number of imide groups is 1. The highest BCUT2D eigenvalue weighted by atomic mass is 16.7. The summed E-state index contributed by atoms with van der Waals surface area (Å²) in [6.07, 6.45) is -4.71. The maximum atomic E-state index is 13.6. The predicted molar refractivity (Wildman–Crippen MR) is 141 cm³/mol. The molecule has 0 aliphatic carbocycles. The third-order valence-electron chi connectivity index (χ3n) is 6.39. The van der Waals surface area contributed by atoms with Gasteiger partial charge in [0.1, 0.15) is 37.4 Å². The highest BCUT2D eigenvalue weighted by Crippen LogP contribution is 2.32. The number of benzene rings is 3. The molecule has 10 heteroatoms. The Balaban J connectivity index is 1.52. The van der Waals surface area contributed by atoms with Crippen molar-refractivity contribution in [1.82, 2.24) is 5.06 Å². The van der Waals surface area contributed by atoms with Crippen molar-refractivity contribution in [2.45, 2.75) is 37.8 Å². The van der Waals surface area contributed by atoms with Crippen molar-refractivity contribution in [2.24, 2.45) is 5.92 Å². The van der Waals surface area contributed by atoms with Crippen LogP contribution in [0.3, 0.4) is 0 Å². The molecule has 1 aliphatic heterocycles. The van der Waals surface area contributed by atoms with Crippen LogP contribution in [0.25, 0.3) is 0 Å². The van der Waals surface area contributed by atoms with Gasteiger partial charge in [0.2, 0.25) is 6.41 Å². The zero-order chi connectivity index (χ0) is 28.3. The second-order valence-corrected chi connectivity index (χ2v) is 9.05. The molecule has 1 saturated heterocycles. The average molecular weight is 550 g/mol. The van der Waals surface area contributed by atoms with Gasteiger partial charge in [-0.05, 0) is 23.3 Å². The summed E-state index contributed by atoms with van der Waals surface area (Å²) in [7, 11) is 1.32. The molecular formula is C30H31NO9. The number of amides is 2. The van der Waals surface area contributed by atoms with Gasteiger partial charge in [-0.15, -0.1) is 0 Å². The molecule has 1 aliphatic rings. The zero-order valence-electron chi connectivity index (χ0n) is 21.9. The number of rotatable bonds is 12. The van der Waals surface area contributed by atoms with Crippen LogP contribution in [0.2, 0.25) is 0 Å². The number of nitrogens with zero attached hydrogens (tertiary/aromatic N) is 1. The summed E-state index contributed by atoms with van der Waals surface area (Å²) in [6.45, 7) is -0.333. The molecule has 1 heterocycles. The number of carbonyl (C=O) groups is 3. The molecule has 0 unspecified atom stereocenters. The lowest BCUT2D eigenvalue weighted by Crippen LogP contribution is -2.61. The van der Waals surface area contributed by atoms with E-state index in [1.165, 1.54) is 7.11 Å². The van der Waals surface area contributed by atoms with Crippen molar-refractivity contribution in [1.29, 1.82) is 0 Å². The first-order valence-electron chi connectivity index (χ1n) is 12.7. The Bertz CT molecular complexity index is 1230. The van der Waals surface area contributed by atoms with E-state index in [4.69, 9.17) is 23.8 Å². The molecule has 2 amide bonds. The fraction of sp³-hybridized carbons (Fsp3) is 0.300. The summed E-state index contributed by atoms with van der Waals surface area (Å²) in [4.78, 5) is 43.4. The second-order valence-electron chi connectivity index (χ2n) is 9.05. The zero-order valence-corrected chi connectivity index (χ0v) is 21.9. The summed E-state index contributed by atoms with van der Waals surface area (Å²) in [6, 6.07) is 26.5. The van der Waals surface area contributed by atoms with Gasteiger partial charge in [0.15, 0.2) is 6.29 Å². The largest absolute Gasteiger partial charge is 0.459 e. The summed E-state index contributed by atoms with van der Waals surface area (Å²) in [5.74, 6) is -2.72. The lowest BCUT2D eigenvalue weighted by atomic mass is 9.89. The van der Waals surface area contributed by atoms with Crippen LogP contribution in [0, 0.1) is 5.92 Å². The quantitative estimate of drug-likeness (QED) is 0.207. The van der Waals surface area contributed by atoms with E-state index in [1.54, 1.807) is 54.6 Å². The molecule has 5 atom stereocenters. The first kappa shape index (κ1) is 29.1. The first-order chi connectivity index (χ1) is 19.5. The minimum Gasteiger partial charge on any atom is -0.459 e. The van der Waals surface area contributed by atoms with E-state index in [-0.39, 0.29) is 26.2 Å². The minimum absolute atomic E-state index is 0.0469. The van der Waals surface area contributed by atoms with Gasteiger partial charge in [-0.2, -0.15) is 5.06 Å². The summed E-state index contributed by atoms with van der Waals surface area (Å²) < 4.78 is 22.8. The van der Waals surface area contributed by atoms with Crippen LogP contribution in [0.5, 0.6) is 0 Å². The van der Waals surface area contributed by atoms with Crippen LogP contribution in [-0.2, 0) is 46.6 Å². The van der Waals surface area contributed by atoms with Crippen LogP contribution in [0.1, 0.15) is 21.5 Å². The highest BCUT2D eigenvalue weighted by Gasteiger charge is 2.51. The molecular weight excluding hydrogens is 518 g/mol. The van der Waals surface area contributed by atoms with Crippen LogP contribution >= 0.6 is 0 Å². The van der Waals surface area contributed by atoms with Crippen LogP contribution in [0.4, 0.5) is 0 Å². The van der Waals surface area contributed by atoms with Crippen LogP contribution in [-0.4, -0.2) is 66.8 Å². The molecule has 0 spiro atoms. The number of esters is 1. The number of aliphatic hydroxyl groups is 1. The second kappa shape index (κ2) is 14.5. The molecule has 210 valence electrons. The molecule has 0 bridgehead atoms. The lowest BCUT2D eigenvalue weighted by molar-refractivity contribution is -0.288. The third-order valence-corrected chi connectivity index (χ3v) is 6.39. The number of methoxy groups -OCH3 is 1. The Morgan fingerprint density at radius 3 is 2.05 bits per heavy atom. The molecule has 0 saturated carbocycles. The smallest absolute Gasteiger partial charge is 0.338 e. The van der Waals surface area contributed by atoms with Gasteiger partial charge in [-0.3, -0.25) is 14.4 Å². The normalized spacial score (nSPS) is 22.3. The van der Waals surface area contributed by atoms with Gasteiger partial charge < -0.3 is 24.1 Å². The number of hydrogen-bond donors (Lipinski definition) is 1. The molecule has 0 radical (unpaired) electrons. The molecule has 10 nitrogen and oxygen atoms in total. The van der Waals surface area contributed by atoms with Crippen molar-refractivity contribution in [3.63, 3.8) is 0 Å². The van der Waals surface area contributed by atoms with Crippen molar-refractivity contribution in [3.05, 3.63) is 108 Å². The molecule has 4 rings (SSSR count). The number of ether oxygens (including phenoxy) is 4. The maximum absolute atomic E-state index is 13.6. The Morgan fingerprint density at radius 1 is 0.900 bits per heavy atom. The number of aliphatic hydroxyl groups excluding tert-OH is 1. The van der Waals surface area contributed by atoms with E-state index < -0.39 is 42.4 Å².